The van der Waals surface area contributed by atoms with E-state index in [9.17, 15) is 4.79 Å². The highest BCUT2D eigenvalue weighted by atomic mass is 35.5. The molecule has 0 bridgehead atoms. The molecule has 1 aliphatic heterocycles. The summed E-state index contributed by atoms with van der Waals surface area (Å²) in [5.74, 6) is 1.82. The average molecular weight is 456 g/mol. The van der Waals surface area contributed by atoms with Crippen LogP contribution in [0.4, 0.5) is 5.95 Å². The summed E-state index contributed by atoms with van der Waals surface area (Å²) in [7, 11) is 1.66. The van der Waals surface area contributed by atoms with Crippen molar-refractivity contribution in [2.45, 2.75) is 24.8 Å². The number of fused-ring (bicyclic) bond motifs is 3. The Morgan fingerprint density at radius 1 is 1.00 bits per heavy atom. The smallest absolute Gasteiger partial charge is 0.209 e. The number of methoxy groups -OCH3 is 1. The van der Waals surface area contributed by atoms with Gasteiger partial charge in [-0.1, -0.05) is 48.0 Å². The van der Waals surface area contributed by atoms with Crippen LogP contribution in [0.5, 0.6) is 5.75 Å². The number of anilines is 1. The molecule has 2 unspecified atom stereocenters. The molecular formula is C27H22ClN3O2. The van der Waals surface area contributed by atoms with Crippen LogP contribution in [0.25, 0.3) is 11.0 Å². The van der Waals surface area contributed by atoms with Gasteiger partial charge in [0.25, 0.3) is 0 Å². The molecule has 6 rings (SSSR count). The molecule has 0 radical (unpaired) electrons. The molecule has 0 fully saturated rings. The lowest BCUT2D eigenvalue weighted by Crippen LogP contribution is -2.33. The second-order valence-corrected chi connectivity index (χ2v) is 9.01. The monoisotopic (exact) mass is 455 g/mol. The summed E-state index contributed by atoms with van der Waals surface area (Å²) in [4.78, 5) is 18.5. The average Bonchev–Trinajstić information content (AvgIpc) is 3.20. The summed E-state index contributed by atoms with van der Waals surface area (Å²) in [6, 6.07) is 23.5. The van der Waals surface area contributed by atoms with E-state index in [0.29, 0.717) is 11.4 Å². The number of rotatable bonds is 3. The normalized spacial score (nSPS) is 19.8. The molecule has 0 amide bonds. The summed E-state index contributed by atoms with van der Waals surface area (Å²) in [5, 5.41) is 4.16. The van der Waals surface area contributed by atoms with Crippen molar-refractivity contribution < 1.29 is 9.53 Å². The second-order valence-electron chi connectivity index (χ2n) is 8.57. The minimum atomic E-state index is -0.272. The summed E-state index contributed by atoms with van der Waals surface area (Å²) < 4.78 is 7.42. The Balaban J connectivity index is 1.49. The molecule has 33 heavy (non-hydrogen) atoms. The first-order valence-electron chi connectivity index (χ1n) is 11.0. The fourth-order valence-corrected chi connectivity index (χ4v) is 5.33. The van der Waals surface area contributed by atoms with Crippen LogP contribution in [0.3, 0.4) is 0 Å². The summed E-state index contributed by atoms with van der Waals surface area (Å²) in [6.45, 7) is 0. The standard InChI is InChI=1S/C27H22ClN3O2/c1-33-20-11-9-16(10-12-20)18-14-22-25(24(32)15-18)26(17-5-4-6-19(28)13-17)31-23-8-3-2-7-21(23)29-27(31)30-22/h2-13,18,26H,14-15H2,1H3,(H,29,30). The molecule has 3 aromatic carbocycles. The van der Waals surface area contributed by atoms with Crippen molar-refractivity contribution in [3.63, 3.8) is 0 Å². The first-order chi connectivity index (χ1) is 16.1. The predicted octanol–water partition coefficient (Wildman–Crippen LogP) is 6.11. The number of nitrogens with one attached hydrogen (secondary N) is 1. The maximum absolute atomic E-state index is 13.7. The van der Waals surface area contributed by atoms with Crippen molar-refractivity contribution in [2.75, 3.05) is 12.4 Å². The van der Waals surface area contributed by atoms with Crippen LogP contribution in [0.1, 0.15) is 35.9 Å². The Hall–Kier alpha value is -3.57. The maximum Gasteiger partial charge on any atom is 0.209 e. The number of carbonyl (C=O) groups is 1. The molecule has 2 heterocycles. The highest BCUT2D eigenvalue weighted by Crippen LogP contribution is 2.46. The van der Waals surface area contributed by atoms with Crippen LogP contribution in [0.15, 0.2) is 84.1 Å². The third kappa shape index (κ3) is 3.31. The number of carbonyl (C=O) groups excluding carboxylic acids is 1. The van der Waals surface area contributed by atoms with Crippen LogP contribution in [0, 0.1) is 0 Å². The summed E-state index contributed by atoms with van der Waals surface area (Å²) in [6.07, 6.45) is 1.21. The van der Waals surface area contributed by atoms with Gasteiger partial charge in [0.2, 0.25) is 5.95 Å². The Labute approximate surface area is 196 Å². The van der Waals surface area contributed by atoms with E-state index in [-0.39, 0.29) is 17.7 Å². The summed E-state index contributed by atoms with van der Waals surface area (Å²) >= 11 is 6.37. The molecule has 164 valence electrons. The first kappa shape index (κ1) is 20.1. The van der Waals surface area contributed by atoms with Crippen molar-refractivity contribution in [1.82, 2.24) is 9.55 Å². The fraction of sp³-hybridized carbons (Fsp3) is 0.185. The number of benzene rings is 3. The number of halogens is 1. The van der Waals surface area contributed by atoms with Crippen molar-refractivity contribution in [3.8, 4) is 5.75 Å². The van der Waals surface area contributed by atoms with Crippen LogP contribution in [-0.4, -0.2) is 22.4 Å². The van der Waals surface area contributed by atoms with Crippen molar-refractivity contribution in [2.24, 2.45) is 0 Å². The number of hydrogen-bond acceptors (Lipinski definition) is 4. The quantitative estimate of drug-likeness (QED) is 0.404. The van der Waals surface area contributed by atoms with Crippen molar-refractivity contribution in [1.29, 1.82) is 0 Å². The number of ether oxygens (including phenoxy) is 1. The lowest BCUT2D eigenvalue weighted by Gasteiger charge is -2.36. The molecule has 0 saturated heterocycles. The number of ketones is 1. The third-order valence-corrected chi connectivity index (χ3v) is 6.88. The number of para-hydroxylation sites is 2. The van der Waals surface area contributed by atoms with Gasteiger partial charge in [0, 0.05) is 22.7 Å². The number of nitrogens with zero attached hydrogens (tertiary/aromatic N) is 2. The highest BCUT2D eigenvalue weighted by Gasteiger charge is 2.39. The van der Waals surface area contributed by atoms with Gasteiger partial charge in [-0.05, 0) is 59.9 Å². The molecule has 0 saturated carbocycles. The van der Waals surface area contributed by atoms with E-state index in [1.54, 1.807) is 7.11 Å². The van der Waals surface area contributed by atoms with E-state index in [2.05, 4.69) is 22.0 Å². The van der Waals surface area contributed by atoms with Gasteiger partial charge in [0.1, 0.15) is 5.75 Å². The Bertz CT molecular complexity index is 1420. The number of imidazole rings is 1. The molecule has 1 aromatic heterocycles. The minimum absolute atomic E-state index is 0.102. The molecule has 2 aliphatic rings. The van der Waals surface area contributed by atoms with E-state index in [0.717, 1.165) is 51.5 Å². The Kier molecular flexibility index (Phi) is 4.73. The van der Waals surface area contributed by atoms with Crippen molar-refractivity contribution in [3.05, 3.63) is 100 Å². The van der Waals surface area contributed by atoms with Gasteiger partial charge < -0.3 is 10.1 Å². The molecule has 4 aromatic rings. The SMILES string of the molecule is COc1ccc(C2CC(=O)C3=C(C2)Nc2nc4ccccc4n2C3c2cccc(Cl)c2)cc1. The molecule has 5 nitrogen and oxygen atoms in total. The predicted molar refractivity (Wildman–Crippen MR) is 130 cm³/mol. The molecule has 1 N–H and O–H groups in total. The minimum Gasteiger partial charge on any atom is -0.497 e. The highest BCUT2D eigenvalue weighted by molar-refractivity contribution is 6.30. The zero-order valence-corrected chi connectivity index (χ0v) is 18.8. The first-order valence-corrected chi connectivity index (χ1v) is 11.4. The molecule has 1 aliphatic carbocycles. The number of hydrogen-bond donors (Lipinski definition) is 1. The van der Waals surface area contributed by atoms with Crippen molar-refractivity contribution >= 4 is 34.4 Å². The topological polar surface area (TPSA) is 56.1 Å². The number of Topliss-reactive ketones (excluding diaryl/α,β-unsaturated/α-hetero) is 1. The lowest BCUT2D eigenvalue weighted by molar-refractivity contribution is -0.116. The Morgan fingerprint density at radius 2 is 1.82 bits per heavy atom. The van der Waals surface area contributed by atoms with Gasteiger partial charge in [-0.15, -0.1) is 0 Å². The van der Waals surface area contributed by atoms with E-state index in [1.807, 2.05) is 60.7 Å². The van der Waals surface area contributed by atoms with Gasteiger partial charge >= 0.3 is 0 Å². The zero-order valence-electron chi connectivity index (χ0n) is 18.1. The molecule has 0 spiro atoms. The summed E-state index contributed by atoms with van der Waals surface area (Å²) in [5.41, 5.74) is 5.75. The van der Waals surface area contributed by atoms with Crippen LogP contribution < -0.4 is 10.1 Å². The fourth-order valence-electron chi connectivity index (χ4n) is 5.13. The van der Waals surface area contributed by atoms with Gasteiger partial charge in [-0.3, -0.25) is 9.36 Å². The van der Waals surface area contributed by atoms with E-state index in [1.165, 1.54) is 0 Å². The van der Waals surface area contributed by atoms with Crippen LogP contribution in [0.2, 0.25) is 5.02 Å². The van der Waals surface area contributed by atoms with E-state index < -0.39 is 0 Å². The number of allylic oxidation sites excluding steroid dienone is 2. The van der Waals surface area contributed by atoms with Gasteiger partial charge in [-0.2, -0.15) is 0 Å². The molecular weight excluding hydrogens is 434 g/mol. The lowest BCUT2D eigenvalue weighted by atomic mass is 9.77. The number of aromatic nitrogens is 2. The van der Waals surface area contributed by atoms with E-state index in [4.69, 9.17) is 21.3 Å². The zero-order chi connectivity index (χ0) is 22.5. The van der Waals surface area contributed by atoms with E-state index >= 15 is 0 Å². The van der Waals surface area contributed by atoms with Crippen LogP contribution in [-0.2, 0) is 4.79 Å². The third-order valence-electron chi connectivity index (χ3n) is 6.65. The molecule has 6 heteroatoms. The largest absolute Gasteiger partial charge is 0.497 e. The molecule has 2 atom stereocenters. The van der Waals surface area contributed by atoms with Gasteiger partial charge in [0.15, 0.2) is 5.78 Å². The Morgan fingerprint density at radius 3 is 2.61 bits per heavy atom. The van der Waals surface area contributed by atoms with Gasteiger partial charge in [0.05, 0.1) is 24.2 Å². The van der Waals surface area contributed by atoms with Gasteiger partial charge in [-0.25, -0.2) is 4.98 Å². The van der Waals surface area contributed by atoms with Crippen LogP contribution >= 0.6 is 11.6 Å². The maximum atomic E-state index is 13.7. The second kappa shape index (κ2) is 7.78.